The summed E-state index contributed by atoms with van der Waals surface area (Å²) in [5.74, 6) is 0.765. The molecule has 1 heterocycles. The Kier molecular flexibility index (Phi) is 3.92. The molecule has 0 bridgehead atoms. The van der Waals surface area contributed by atoms with Crippen molar-refractivity contribution in [3.63, 3.8) is 0 Å². The van der Waals surface area contributed by atoms with Gasteiger partial charge in [-0.05, 0) is 26.3 Å². The molecule has 0 radical (unpaired) electrons. The minimum atomic E-state index is -2.99. The van der Waals surface area contributed by atoms with Crippen LogP contribution < -0.4 is 5.32 Å². The molecule has 0 saturated carbocycles. The Hall–Kier alpha value is -0.130. The van der Waals surface area contributed by atoms with Crippen LogP contribution in [0.25, 0.3) is 0 Å². The lowest BCUT2D eigenvalue weighted by molar-refractivity contribution is 0.229. The Morgan fingerprint density at radius 3 is 2.64 bits per heavy atom. The summed E-state index contributed by atoms with van der Waals surface area (Å²) >= 11 is 0. The number of likely N-dealkylation sites (N-methyl/N-ethyl adjacent to an activating group) is 1. The van der Waals surface area contributed by atoms with Gasteiger partial charge in [0.05, 0.1) is 5.75 Å². The number of hydrogen-bond acceptors (Lipinski definition) is 3. The molecule has 1 fully saturated rings. The average Bonchev–Trinajstić information content (AvgIpc) is 2.18. The Labute approximate surface area is 86.7 Å². The lowest BCUT2D eigenvalue weighted by Crippen LogP contribution is -2.51. The van der Waals surface area contributed by atoms with Gasteiger partial charge in [-0.1, -0.05) is 6.92 Å². The van der Waals surface area contributed by atoms with Crippen LogP contribution in [0.1, 0.15) is 20.3 Å². The van der Waals surface area contributed by atoms with Crippen LogP contribution >= 0.6 is 0 Å². The van der Waals surface area contributed by atoms with E-state index < -0.39 is 10.0 Å². The van der Waals surface area contributed by atoms with Gasteiger partial charge in [-0.3, -0.25) is 0 Å². The first-order valence-electron chi connectivity index (χ1n) is 5.16. The van der Waals surface area contributed by atoms with Gasteiger partial charge in [-0.25, -0.2) is 12.7 Å². The third-order valence-electron chi connectivity index (χ3n) is 3.05. The van der Waals surface area contributed by atoms with E-state index in [0.29, 0.717) is 25.0 Å². The van der Waals surface area contributed by atoms with Crippen molar-refractivity contribution in [2.24, 2.45) is 5.92 Å². The van der Waals surface area contributed by atoms with Crippen molar-refractivity contribution in [2.75, 3.05) is 25.9 Å². The topological polar surface area (TPSA) is 49.4 Å². The molecular formula is C9H20N2O2S. The molecule has 84 valence electrons. The van der Waals surface area contributed by atoms with Crippen LogP contribution in [-0.2, 0) is 10.0 Å². The standard InChI is InChI=1S/C9H20N2O2S/c1-4-14(12,13)11-6-5-8(2)9(7-11)10-3/h8-10H,4-7H2,1-3H3/t8-,9+/m1/s1. The molecule has 2 atom stereocenters. The molecule has 1 aliphatic heterocycles. The fraction of sp³-hybridized carbons (Fsp3) is 1.00. The van der Waals surface area contributed by atoms with E-state index in [1.807, 2.05) is 7.05 Å². The molecule has 1 rings (SSSR count). The summed E-state index contributed by atoms with van der Waals surface area (Å²) in [7, 11) is -1.10. The molecule has 0 unspecified atom stereocenters. The normalized spacial score (nSPS) is 30.5. The third kappa shape index (κ3) is 2.46. The largest absolute Gasteiger partial charge is 0.315 e. The molecular weight excluding hydrogens is 200 g/mol. The zero-order valence-electron chi connectivity index (χ0n) is 9.16. The van der Waals surface area contributed by atoms with E-state index in [2.05, 4.69) is 12.2 Å². The Balaban J connectivity index is 2.68. The highest BCUT2D eigenvalue weighted by Gasteiger charge is 2.30. The molecule has 4 nitrogen and oxygen atoms in total. The van der Waals surface area contributed by atoms with Crippen LogP contribution in [0, 0.1) is 5.92 Å². The van der Waals surface area contributed by atoms with E-state index >= 15 is 0 Å². The first-order valence-corrected chi connectivity index (χ1v) is 6.77. The Morgan fingerprint density at radius 2 is 2.14 bits per heavy atom. The van der Waals surface area contributed by atoms with Gasteiger partial charge in [0.25, 0.3) is 0 Å². The third-order valence-corrected chi connectivity index (χ3v) is 4.90. The SMILES string of the molecule is CCS(=O)(=O)N1CC[C@@H](C)[C@@H](NC)C1. The summed E-state index contributed by atoms with van der Waals surface area (Å²) in [6, 6.07) is 0.296. The van der Waals surface area contributed by atoms with Crippen molar-refractivity contribution >= 4 is 10.0 Å². The number of sulfonamides is 1. The van der Waals surface area contributed by atoms with Gasteiger partial charge < -0.3 is 5.32 Å². The van der Waals surface area contributed by atoms with Gasteiger partial charge >= 0.3 is 0 Å². The van der Waals surface area contributed by atoms with Gasteiger partial charge in [0, 0.05) is 19.1 Å². The Bertz CT molecular complexity index is 277. The summed E-state index contributed by atoms with van der Waals surface area (Å²) in [6.45, 7) is 5.15. The minimum Gasteiger partial charge on any atom is -0.315 e. The number of nitrogens with one attached hydrogen (secondary N) is 1. The summed E-state index contributed by atoms with van der Waals surface area (Å²) in [5.41, 5.74) is 0. The highest BCUT2D eigenvalue weighted by molar-refractivity contribution is 7.89. The summed E-state index contributed by atoms with van der Waals surface area (Å²) in [6.07, 6.45) is 0.949. The van der Waals surface area contributed by atoms with Gasteiger partial charge in [0.1, 0.15) is 0 Å². The van der Waals surface area contributed by atoms with E-state index in [4.69, 9.17) is 0 Å². The second-order valence-electron chi connectivity index (χ2n) is 3.92. The number of rotatable bonds is 3. The highest BCUT2D eigenvalue weighted by atomic mass is 32.2. The Morgan fingerprint density at radius 1 is 1.50 bits per heavy atom. The molecule has 5 heteroatoms. The fourth-order valence-electron chi connectivity index (χ4n) is 1.85. The van der Waals surface area contributed by atoms with Crippen molar-refractivity contribution in [2.45, 2.75) is 26.3 Å². The molecule has 1 saturated heterocycles. The van der Waals surface area contributed by atoms with E-state index in [1.54, 1.807) is 11.2 Å². The maximum Gasteiger partial charge on any atom is 0.213 e. The molecule has 0 amide bonds. The predicted octanol–water partition coefficient (Wildman–Crippen LogP) is 0.266. The molecule has 0 aromatic heterocycles. The first kappa shape index (κ1) is 11.9. The minimum absolute atomic E-state index is 0.206. The zero-order chi connectivity index (χ0) is 10.8. The second kappa shape index (κ2) is 4.59. The lowest BCUT2D eigenvalue weighted by Gasteiger charge is -2.35. The van der Waals surface area contributed by atoms with Crippen LogP contribution in [0.4, 0.5) is 0 Å². The average molecular weight is 220 g/mol. The second-order valence-corrected chi connectivity index (χ2v) is 6.18. The molecule has 0 aliphatic carbocycles. The van der Waals surface area contributed by atoms with Gasteiger partial charge in [-0.2, -0.15) is 0 Å². The van der Waals surface area contributed by atoms with Crippen molar-refractivity contribution in [3.8, 4) is 0 Å². The molecule has 1 N–H and O–H groups in total. The van der Waals surface area contributed by atoms with Crippen LogP contribution in [0.5, 0.6) is 0 Å². The highest BCUT2D eigenvalue weighted by Crippen LogP contribution is 2.19. The predicted molar refractivity (Wildman–Crippen MR) is 57.7 cm³/mol. The van der Waals surface area contributed by atoms with Crippen molar-refractivity contribution in [1.29, 1.82) is 0 Å². The molecule has 0 aromatic carbocycles. The van der Waals surface area contributed by atoms with Crippen LogP contribution in [0.2, 0.25) is 0 Å². The van der Waals surface area contributed by atoms with Crippen molar-refractivity contribution in [3.05, 3.63) is 0 Å². The van der Waals surface area contributed by atoms with Crippen molar-refractivity contribution in [1.82, 2.24) is 9.62 Å². The van der Waals surface area contributed by atoms with Gasteiger partial charge in [-0.15, -0.1) is 0 Å². The zero-order valence-corrected chi connectivity index (χ0v) is 9.97. The number of hydrogen-bond donors (Lipinski definition) is 1. The van der Waals surface area contributed by atoms with E-state index in [-0.39, 0.29) is 5.75 Å². The molecule has 1 aliphatic rings. The van der Waals surface area contributed by atoms with Crippen LogP contribution in [0.3, 0.4) is 0 Å². The number of nitrogens with zero attached hydrogens (tertiary/aromatic N) is 1. The monoisotopic (exact) mass is 220 g/mol. The summed E-state index contributed by atoms with van der Waals surface area (Å²) < 4.78 is 24.8. The quantitative estimate of drug-likeness (QED) is 0.742. The van der Waals surface area contributed by atoms with E-state index in [1.165, 1.54) is 0 Å². The van der Waals surface area contributed by atoms with Crippen molar-refractivity contribution < 1.29 is 8.42 Å². The first-order chi connectivity index (χ1) is 6.51. The smallest absolute Gasteiger partial charge is 0.213 e. The fourth-order valence-corrected chi connectivity index (χ4v) is 2.99. The summed E-state index contributed by atoms with van der Waals surface area (Å²) in [4.78, 5) is 0. The van der Waals surface area contributed by atoms with E-state index in [9.17, 15) is 8.42 Å². The van der Waals surface area contributed by atoms with Crippen LogP contribution in [-0.4, -0.2) is 44.7 Å². The number of piperidine rings is 1. The van der Waals surface area contributed by atoms with Crippen LogP contribution in [0.15, 0.2) is 0 Å². The molecule has 0 aromatic rings. The maximum atomic E-state index is 11.6. The summed E-state index contributed by atoms with van der Waals surface area (Å²) in [5, 5.41) is 3.17. The molecule has 0 spiro atoms. The van der Waals surface area contributed by atoms with Gasteiger partial charge in [0.15, 0.2) is 0 Å². The maximum absolute atomic E-state index is 11.6. The lowest BCUT2D eigenvalue weighted by atomic mass is 9.95. The van der Waals surface area contributed by atoms with Gasteiger partial charge in [0.2, 0.25) is 10.0 Å². The molecule has 14 heavy (non-hydrogen) atoms. The van der Waals surface area contributed by atoms with E-state index in [0.717, 1.165) is 6.42 Å².